The number of nitrogens with zero attached hydrogens (tertiary/aromatic N) is 4. The molecule has 0 aliphatic carbocycles. The van der Waals surface area contributed by atoms with Gasteiger partial charge in [-0.25, -0.2) is 0 Å². The van der Waals surface area contributed by atoms with Gasteiger partial charge in [0.05, 0.1) is 19.4 Å². The first kappa shape index (κ1) is 19.1. The molecule has 3 heterocycles. The van der Waals surface area contributed by atoms with E-state index in [1.54, 1.807) is 17.6 Å². The Kier molecular flexibility index (Phi) is 5.83. The first-order valence-corrected chi connectivity index (χ1v) is 10.1. The van der Waals surface area contributed by atoms with E-state index in [1.165, 1.54) is 4.88 Å². The smallest absolute Gasteiger partial charge is 0.232 e. The summed E-state index contributed by atoms with van der Waals surface area (Å²) in [7, 11) is 0. The van der Waals surface area contributed by atoms with Gasteiger partial charge >= 0.3 is 0 Å². The number of furan rings is 1. The summed E-state index contributed by atoms with van der Waals surface area (Å²) in [5.74, 6) is 2.13. The number of nitrogens with two attached hydrogens (primary N) is 1. The summed E-state index contributed by atoms with van der Waals surface area (Å²) >= 11 is 1.72. The average molecular weight is 407 g/mol. The Morgan fingerprint density at radius 1 is 1.00 bits per heavy atom. The molecule has 4 aromatic rings. The van der Waals surface area contributed by atoms with Crippen molar-refractivity contribution in [2.75, 3.05) is 11.1 Å². The summed E-state index contributed by atoms with van der Waals surface area (Å²) in [6.45, 7) is 3.97. The van der Waals surface area contributed by atoms with Crippen LogP contribution in [0.15, 0.2) is 64.6 Å². The molecule has 4 rings (SSSR count). The Morgan fingerprint density at radius 3 is 2.66 bits per heavy atom. The van der Waals surface area contributed by atoms with Crippen LogP contribution in [0.4, 0.5) is 17.6 Å². The van der Waals surface area contributed by atoms with Crippen LogP contribution >= 0.6 is 11.3 Å². The van der Waals surface area contributed by atoms with Gasteiger partial charge in [0, 0.05) is 17.1 Å². The molecular formula is C21H22N6OS. The third-order valence-electron chi connectivity index (χ3n) is 4.37. The Hall–Kier alpha value is -3.23. The van der Waals surface area contributed by atoms with Crippen LogP contribution in [0.2, 0.25) is 0 Å². The highest BCUT2D eigenvalue weighted by Gasteiger charge is 2.14. The summed E-state index contributed by atoms with van der Waals surface area (Å²) < 4.78 is 5.53. The Balaban J connectivity index is 1.54. The Bertz CT molecular complexity index is 1010. The lowest BCUT2D eigenvalue weighted by Gasteiger charge is -2.20. The number of nitrogen functional groups attached to an aromatic ring is 1. The molecule has 0 unspecified atom stereocenters. The van der Waals surface area contributed by atoms with Gasteiger partial charge in [-0.3, -0.25) is 4.90 Å². The molecule has 0 bridgehead atoms. The molecule has 3 aromatic heterocycles. The van der Waals surface area contributed by atoms with Crippen molar-refractivity contribution in [3.63, 3.8) is 0 Å². The second-order valence-electron chi connectivity index (χ2n) is 6.68. The first-order chi connectivity index (χ1) is 14.2. The molecule has 0 saturated carbocycles. The van der Waals surface area contributed by atoms with Crippen molar-refractivity contribution < 1.29 is 4.42 Å². The first-order valence-electron chi connectivity index (χ1n) is 9.26. The molecule has 8 heteroatoms. The van der Waals surface area contributed by atoms with Crippen LogP contribution in [-0.2, 0) is 19.6 Å². The summed E-state index contributed by atoms with van der Waals surface area (Å²) in [6, 6.07) is 16.0. The van der Waals surface area contributed by atoms with Crippen LogP contribution in [0, 0.1) is 6.92 Å². The molecule has 3 N–H and O–H groups in total. The number of anilines is 3. The normalized spacial score (nSPS) is 11.1. The molecule has 1 aromatic carbocycles. The number of para-hydroxylation sites is 1. The van der Waals surface area contributed by atoms with Crippen LogP contribution < -0.4 is 11.1 Å². The maximum Gasteiger partial charge on any atom is 0.232 e. The predicted octanol–water partition coefficient (Wildman–Crippen LogP) is 4.36. The van der Waals surface area contributed by atoms with E-state index >= 15 is 0 Å². The topological polar surface area (TPSA) is 93.1 Å². The zero-order valence-electron chi connectivity index (χ0n) is 16.1. The number of hydrogen-bond donors (Lipinski definition) is 2. The number of rotatable bonds is 8. The maximum atomic E-state index is 5.96. The largest absolute Gasteiger partial charge is 0.468 e. The van der Waals surface area contributed by atoms with E-state index in [2.05, 4.69) is 42.7 Å². The van der Waals surface area contributed by atoms with Crippen LogP contribution in [-0.4, -0.2) is 19.9 Å². The van der Waals surface area contributed by atoms with Gasteiger partial charge in [0.25, 0.3) is 0 Å². The fourth-order valence-electron chi connectivity index (χ4n) is 3.01. The van der Waals surface area contributed by atoms with E-state index in [1.807, 2.05) is 43.3 Å². The lowest BCUT2D eigenvalue weighted by Crippen LogP contribution is -2.23. The number of aromatic nitrogens is 3. The third-order valence-corrected chi connectivity index (χ3v) is 5.24. The van der Waals surface area contributed by atoms with Crippen LogP contribution in [0.25, 0.3) is 0 Å². The average Bonchev–Trinajstić information content (AvgIpc) is 3.37. The van der Waals surface area contributed by atoms with Gasteiger partial charge in [0.1, 0.15) is 11.6 Å². The molecule has 0 aliphatic rings. The number of hydrogen-bond acceptors (Lipinski definition) is 8. The molecule has 148 valence electrons. The van der Waals surface area contributed by atoms with Crippen molar-refractivity contribution >= 4 is 28.9 Å². The molecule has 0 spiro atoms. The summed E-state index contributed by atoms with van der Waals surface area (Å²) in [4.78, 5) is 16.6. The fraction of sp³-hybridized carbons (Fsp3) is 0.190. The van der Waals surface area contributed by atoms with Gasteiger partial charge in [-0.15, -0.1) is 11.3 Å². The minimum absolute atomic E-state index is 0.195. The van der Waals surface area contributed by atoms with Gasteiger partial charge in [-0.2, -0.15) is 15.0 Å². The van der Waals surface area contributed by atoms with Gasteiger partial charge in [0.15, 0.2) is 0 Å². The van der Waals surface area contributed by atoms with Crippen molar-refractivity contribution in [3.8, 4) is 0 Å². The second-order valence-corrected chi connectivity index (χ2v) is 7.71. The van der Waals surface area contributed by atoms with Crippen LogP contribution in [0.3, 0.4) is 0 Å². The van der Waals surface area contributed by atoms with Gasteiger partial charge in [0.2, 0.25) is 11.9 Å². The molecule has 29 heavy (non-hydrogen) atoms. The Morgan fingerprint density at radius 2 is 1.90 bits per heavy atom. The van der Waals surface area contributed by atoms with E-state index in [-0.39, 0.29) is 5.95 Å². The molecule has 0 amide bonds. The van der Waals surface area contributed by atoms with Crippen molar-refractivity contribution in [1.82, 2.24) is 19.9 Å². The number of benzene rings is 1. The minimum Gasteiger partial charge on any atom is -0.468 e. The van der Waals surface area contributed by atoms with E-state index < -0.39 is 0 Å². The van der Waals surface area contributed by atoms with Crippen molar-refractivity contribution in [2.24, 2.45) is 0 Å². The lowest BCUT2D eigenvalue weighted by atomic mass is 10.2. The number of nitrogens with one attached hydrogen (secondary N) is 1. The molecule has 0 atom stereocenters. The van der Waals surface area contributed by atoms with Gasteiger partial charge in [-0.1, -0.05) is 24.3 Å². The van der Waals surface area contributed by atoms with Crippen molar-refractivity contribution in [2.45, 2.75) is 26.6 Å². The third kappa shape index (κ3) is 5.18. The molecule has 0 radical (unpaired) electrons. The van der Waals surface area contributed by atoms with Crippen LogP contribution in [0.5, 0.6) is 0 Å². The Labute approximate surface area is 173 Å². The zero-order valence-corrected chi connectivity index (χ0v) is 16.9. The second kappa shape index (κ2) is 8.85. The minimum atomic E-state index is 0.195. The zero-order chi connectivity index (χ0) is 20.1. The highest BCUT2D eigenvalue weighted by molar-refractivity contribution is 7.09. The summed E-state index contributed by atoms with van der Waals surface area (Å²) in [6.07, 6.45) is 1.68. The van der Waals surface area contributed by atoms with E-state index in [4.69, 9.17) is 10.2 Å². The molecule has 0 saturated heterocycles. The SMILES string of the molecule is Cc1ccccc1Nc1nc(N)nc(CN(Cc2ccco2)Cc2cccs2)n1. The fourth-order valence-corrected chi connectivity index (χ4v) is 3.76. The quantitative estimate of drug-likeness (QED) is 0.449. The van der Waals surface area contributed by atoms with Gasteiger partial charge < -0.3 is 15.5 Å². The van der Waals surface area contributed by atoms with Crippen LogP contribution in [0.1, 0.15) is 22.0 Å². The monoisotopic (exact) mass is 406 g/mol. The van der Waals surface area contributed by atoms with E-state index in [9.17, 15) is 0 Å². The summed E-state index contributed by atoms with van der Waals surface area (Å²) in [5.41, 5.74) is 8.00. The molecule has 7 nitrogen and oxygen atoms in total. The highest BCUT2D eigenvalue weighted by Crippen LogP contribution is 2.20. The maximum absolute atomic E-state index is 5.96. The molecule has 0 aliphatic heterocycles. The lowest BCUT2D eigenvalue weighted by molar-refractivity contribution is 0.223. The predicted molar refractivity (Wildman–Crippen MR) is 115 cm³/mol. The number of aryl methyl sites for hydroxylation is 1. The standard InChI is InChI=1S/C21H22N6OS/c1-15-6-2-3-9-18(15)23-21-25-19(24-20(22)26-21)14-27(12-16-7-4-10-28-16)13-17-8-5-11-29-17/h2-11H,12-14H2,1H3,(H3,22,23,24,25,26). The highest BCUT2D eigenvalue weighted by atomic mass is 32.1. The molecular weight excluding hydrogens is 384 g/mol. The number of thiophene rings is 1. The molecule has 0 fully saturated rings. The van der Waals surface area contributed by atoms with Crippen molar-refractivity contribution in [3.05, 3.63) is 82.2 Å². The van der Waals surface area contributed by atoms with Crippen molar-refractivity contribution in [1.29, 1.82) is 0 Å². The van der Waals surface area contributed by atoms with Gasteiger partial charge in [-0.05, 0) is 42.1 Å². The van der Waals surface area contributed by atoms with E-state index in [0.717, 1.165) is 23.6 Å². The summed E-state index contributed by atoms with van der Waals surface area (Å²) in [5, 5.41) is 5.32. The van der Waals surface area contributed by atoms with E-state index in [0.29, 0.717) is 24.9 Å².